The number of nitrogens with one attached hydrogen (secondary N) is 1. The first-order chi connectivity index (χ1) is 8.45. The fourth-order valence-electron chi connectivity index (χ4n) is 2.06. The lowest BCUT2D eigenvalue weighted by atomic mass is 10.5. The van der Waals surface area contributed by atoms with Crippen molar-refractivity contribution in [2.24, 2.45) is 5.73 Å². The lowest BCUT2D eigenvalue weighted by Gasteiger charge is -2.33. The second-order valence-electron chi connectivity index (χ2n) is 5.24. The molecule has 0 aliphatic rings. The van der Waals surface area contributed by atoms with Crippen molar-refractivity contribution in [3.63, 3.8) is 0 Å². The molecule has 3 N–H and O–H groups in total. The number of hydrogen-bond acceptors (Lipinski definition) is 4. The highest BCUT2D eigenvalue weighted by Gasteiger charge is 2.37. The van der Waals surface area contributed by atoms with Gasteiger partial charge in [0.1, 0.15) is 0 Å². The standard InChI is InChI=1S/C13H32N2O2Si/c1-6-18(16-12(2)3,17-13(4)5)11-7-9-15-10-8-14/h12-13,15H,6-11,14H2,1-5H3. The predicted octanol–water partition coefficient (Wildman–Crippen LogP) is 2.24. The van der Waals surface area contributed by atoms with Crippen LogP contribution in [0.3, 0.4) is 0 Å². The SMILES string of the molecule is CC[Si](CCCNCCN)(OC(C)C)OC(C)C. The Morgan fingerprint density at radius 3 is 2.00 bits per heavy atom. The monoisotopic (exact) mass is 276 g/mol. The van der Waals surface area contributed by atoms with E-state index in [1.807, 2.05) is 0 Å². The molecule has 4 nitrogen and oxygen atoms in total. The van der Waals surface area contributed by atoms with Crippen molar-refractivity contribution in [1.29, 1.82) is 0 Å². The summed E-state index contributed by atoms with van der Waals surface area (Å²) in [6.45, 7) is 13.1. The van der Waals surface area contributed by atoms with Crippen molar-refractivity contribution >= 4 is 8.56 Å². The van der Waals surface area contributed by atoms with Gasteiger partial charge in [-0.2, -0.15) is 0 Å². The maximum atomic E-state index is 6.17. The average Bonchev–Trinajstić information content (AvgIpc) is 2.27. The van der Waals surface area contributed by atoms with E-state index in [9.17, 15) is 0 Å². The average molecular weight is 276 g/mol. The Morgan fingerprint density at radius 2 is 1.61 bits per heavy atom. The summed E-state index contributed by atoms with van der Waals surface area (Å²) in [6.07, 6.45) is 1.58. The van der Waals surface area contributed by atoms with Gasteiger partial charge in [0.25, 0.3) is 0 Å². The van der Waals surface area contributed by atoms with E-state index in [-0.39, 0.29) is 12.2 Å². The predicted molar refractivity (Wildman–Crippen MR) is 80.0 cm³/mol. The van der Waals surface area contributed by atoms with Gasteiger partial charge in [0, 0.05) is 25.3 Å². The molecule has 18 heavy (non-hydrogen) atoms. The molecule has 0 aromatic carbocycles. The minimum atomic E-state index is -2.03. The molecule has 0 rings (SSSR count). The van der Waals surface area contributed by atoms with Crippen LogP contribution < -0.4 is 11.1 Å². The summed E-state index contributed by atoms with van der Waals surface area (Å²) in [7, 11) is -2.03. The van der Waals surface area contributed by atoms with Gasteiger partial charge in [0.2, 0.25) is 0 Å². The summed E-state index contributed by atoms with van der Waals surface area (Å²) in [5, 5.41) is 3.32. The van der Waals surface area contributed by atoms with Gasteiger partial charge < -0.3 is 19.9 Å². The highest BCUT2D eigenvalue weighted by Crippen LogP contribution is 2.24. The summed E-state index contributed by atoms with van der Waals surface area (Å²) < 4.78 is 12.3. The second kappa shape index (κ2) is 9.92. The van der Waals surface area contributed by atoms with Gasteiger partial charge in [-0.25, -0.2) is 0 Å². The molecule has 0 aromatic heterocycles. The van der Waals surface area contributed by atoms with Crippen LogP contribution in [0, 0.1) is 0 Å². The molecule has 0 saturated carbocycles. The van der Waals surface area contributed by atoms with Crippen molar-refractivity contribution in [3.8, 4) is 0 Å². The first-order valence-corrected chi connectivity index (χ1v) is 9.45. The smallest absolute Gasteiger partial charge is 0.338 e. The van der Waals surface area contributed by atoms with E-state index >= 15 is 0 Å². The highest BCUT2D eigenvalue weighted by atomic mass is 28.4. The van der Waals surface area contributed by atoms with Gasteiger partial charge in [-0.3, -0.25) is 0 Å². The molecule has 0 spiro atoms. The third kappa shape index (κ3) is 8.21. The Hall–Kier alpha value is 0.0569. The van der Waals surface area contributed by atoms with Crippen LogP contribution >= 0.6 is 0 Å². The van der Waals surface area contributed by atoms with Crippen molar-refractivity contribution < 1.29 is 8.85 Å². The number of nitrogens with two attached hydrogens (primary N) is 1. The van der Waals surface area contributed by atoms with E-state index < -0.39 is 8.56 Å². The minimum Gasteiger partial charge on any atom is -0.392 e. The van der Waals surface area contributed by atoms with E-state index in [2.05, 4.69) is 39.9 Å². The molecule has 0 amide bonds. The molecule has 0 aliphatic heterocycles. The Labute approximate surface area is 114 Å². The largest absolute Gasteiger partial charge is 0.392 e. The molecule has 0 saturated heterocycles. The summed E-state index contributed by atoms with van der Waals surface area (Å²) >= 11 is 0. The topological polar surface area (TPSA) is 56.5 Å². The normalized spacial score (nSPS) is 12.7. The molecule has 0 aromatic rings. The molecule has 0 bridgehead atoms. The Bertz CT molecular complexity index is 191. The third-order valence-electron chi connectivity index (χ3n) is 2.67. The van der Waals surface area contributed by atoms with E-state index in [0.717, 1.165) is 31.6 Å². The maximum absolute atomic E-state index is 6.17. The van der Waals surface area contributed by atoms with Gasteiger partial charge in [-0.05, 0) is 52.7 Å². The lowest BCUT2D eigenvalue weighted by Crippen LogP contribution is -2.45. The van der Waals surface area contributed by atoms with E-state index in [1.165, 1.54) is 0 Å². The zero-order chi connectivity index (χ0) is 14.0. The third-order valence-corrected chi connectivity index (χ3v) is 6.67. The first-order valence-electron chi connectivity index (χ1n) is 7.22. The minimum absolute atomic E-state index is 0.243. The first kappa shape index (κ1) is 18.1. The van der Waals surface area contributed by atoms with E-state index in [0.29, 0.717) is 6.54 Å². The van der Waals surface area contributed by atoms with Gasteiger partial charge >= 0.3 is 8.56 Å². The Morgan fingerprint density at radius 1 is 1.06 bits per heavy atom. The maximum Gasteiger partial charge on any atom is 0.338 e. The zero-order valence-corrected chi connectivity index (χ0v) is 13.8. The number of hydrogen-bond donors (Lipinski definition) is 2. The molecule has 0 heterocycles. The van der Waals surface area contributed by atoms with Crippen molar-refractivity contribution in [2.45, 2.75) is 65.3 Å². The van der Waals surface area contributed by atoms with Crippen LogP contribution in [0.25, 0.3) is 0 Å². The lowest BCUT2D eigenvalue weighted by molar-refractivity contribution is 0.105. The summed E-state index contributed by atoms with van der Waals surface area (Å²) in [4.78, 5) is 0. The summed E-state index contributed by atoms with van der Waals surface area (Å²) in [5.74, 6) is 0. The highest BCUT2D eigenvalue weighted by molar-refractivity contribution is 6.67. The fraction of sp³-hybridized carbons (Fsp3) is 1.00. The van der Waals surface area contributed by atoms with Gasteiger partial charge in [-0.15, -0.1) is 0 Å². The van der Waals surface area contributed by atoms with Crippen LogP contribution in [-0.4, -0.2) is 40.4 Å². The van der Waals surface area contributed by atoms with E-state index in [4.69, 9.17) is 14.6 Å². The fourth-order valence-corrected chi connectivity index (χ4v) is 5.47. The van der Waals surface area contributed by atoms with Crippen molar-refractivity contribution in [1.82, 2.24) is 5.32 Å². The van der Waals surface area contributed by atoms with Crippen molar-refractivity contribution in [3.05, 3.63) is 0 Å². The van der Waals surface area contributed by atoms with Crippen LogP contribution in [0.4, 0.5) is 0 Å². The number of rotatable bonds is 11. The summed E-state index contributed by atoms with van der Waals surface area (Å²) in [5.41, 5.74) is 5.45. The van der Waals surface area contributed by atoms with Crippen LogP contribution in [0.2, 0.25) is 12.1 Å². The zero-order valence-electron chi connectivity index (χ0n) is 12.8. The van der Waals surface area contributed by atoms with Gasteiger partial charge in [0.15, 0.2) is 0 Å². The van der Waals surface area contributed by atoms with Crippen LogP contribution in [0.15, 0.2) is 0 Å². The van der Waals surface area contributed by atoms with Crippen LogP contribution in [0.5, 0.6) is 0 Å². The molecule has 0 atom stereocenters. The van der Waals surface area contributed by atoms with Crippen LogP contribution in [-0.2, 0) is 8.85 Å². The molecular formula is C13H32N2O2Si. The molecule has 0 unspecified atom stereocenters. The molecule has 5 heteroatoms. The quantitative estimate of drug-likeness (QED) is 0.449. The second-order valence-corrected chi connectivity index (χ2v) is 8.74. The molecule has 110 valence electrons. The Kier molecular flexibility index (Phi) is 9.95. The van der Waals surface area contributed by atoms with Crippen LogP contribution in [0.1, 0.15) is 41.0 Å². The van der Waals surface area contributed by atoms with E-state index in [1.54, 1.807) is 0 Å². The molecule has 0 aliphatic carbocycles. The van der Waals surface area contributed by atoms with Gasteiger partial charge in [-0.1, -0.05) is 6.92 Å². The summed E-state index contributed by atoms with van der Waals surface area (Å²) in [6, 6.07) is 2.07. The Balaban J connectivity index is 4.25. The van der Waals surface area contributed by atoms with Crippen molar-refractivity contribution in [2.75, 3.05) is 19.6 Å². The molecule has 0 radical (unpaired) electrons. The molecular weight excluding hydrogens is 244 g/mol. The van der Waals surface area contributed by atoms with Gasteiger partial charge in [0.05, 0.1) is 0 Å². The molecule has 0 fully saturated rings.